The molecule has 0 spiro atoms. The summed E-state index contributed by atoms with van der Waals surface area (Å²) in [5.41, 5.74) is 1.07. The topological polar surface area (TPSA) is 57.3 Å². The highest BCUT2D eigenvalue weighted by Gasteiger charge is 2.24. The van der Waals surface area contributed by atoms with Gasteiger partial charge in [-0.25, -0.2) is 4.98 Å². The van der Waals surface area contributed by atoms with Gasteiger partial charge in [-0.3, -0.25) is 4.79 Å². The van der Waals surface area contributed by atoms with Crippen molar-refractivity contribution in [2.24, 2.45) is 11.8 Å². The van der Waals surface area contributed by atoms with Gasteiger partial charge in [0.1, 0.15) is 5.82 Å². The summed E-state index contributed by atoms with van der Waals surface area (Å²) in [4.78, 5) is 19.2. The fourth-order valence-corrected chi connectivity index (χ4v) is 3.65. The van der Waals surface area contributed by atoms with Gasteiger partial charge in [-0.1, -0.05) is 13.0 Å². The number of pyridine rings is 1. The first kappa shape index (κ1) is 17.2. The molecule has 3 heterocycles. The molecule has 0 radical (unpaired) electrons. The third kappa shape index (κ3) is 4.47. The van der Waals surface area contributed by atoms with E-state index in [1.807, 2.05) is 6.20 Å². The van der Waals surface area contributed by atoms with Crippen molar-refractivity contribution in [1.82, 2.24) is 15.6 Å². The highest BCUT2D eigenvalue weighted by molar-refractivity contribution is 5.78. The minimum atomic E-state index is 0.142. The van der Waals surface area contributed by atoms with Gasteiger partial charge in [0, 0.05) is 37.8 Å². The Morgan fingerprint density at radius 2 is 2.08 bits per heavy atom. The first-order valence-electron chi connectivity index (χ1n) is 9.33. The maximum atomic E-state index is 12.3. The second-order valence-corrected chi connectivity index (χ2v) is 7.49. The average molecular weight is 330 g/mol. The van der Waals surface area contributed by atoms with Crippen molar-refractivity contribution in [1.29, 1.82) is 0 Å². The number of piperidine rings is 2. The highest BCUT2D eigenvalue weighted by atomic mass is 16.1. The molecule has 1 aromatic rings. The summed E-state index contributed by atoms with van der Waals surface area (Å²) in [7, 11) is 0. The Labute approximate surface area is 145 Å². The quantitative estimate of drug-likeness (QED) is 0.889. The van der Waals surface area contributed by atoms with Crippen LogP contribution in [0.3, 0.4) is 0 Å². The van der Waals surface area contributed by atoms with Crippen molar-refractivity contribution in [3.8, 4) is 0 Å². The normalized spacial score (nSPS) is 25.5. The van der Waals surface area contributed by atoms with E-state index in [4.69, 9.17) is 0 Å². The molecule has 132 valence electrons. The Hall–Kier alpha value is -1.62. The maximum absolute atomic E-state index is 12.3. The van der Waals surface area contributed by atoms with Crippen LogP contribution in [0.4, 0.5) is 5.82 Å². The lowest BCUT2D eigenvalue weighted by Crippen LogP contribution is -2.42. The molecule has 2 N–H and O–H groups in total. The largest absolute Gasteiger partial charge is 0.357 e. The standard InChI is InChI=1S/C19H30N4O/c1-14-6-9-23(10-7-14)18-4-3-16(12-21-18)13-22-19(24)17-5-8-20-15(2)11-17/h3-4,12,14-15,17,20H,5-11,13H2,1-2H3,(H,22,24)/t15-,17-/m0/s1. The van der Waals surface area contributed by atoms with Gasteiger partial charge in [0.05, 0.1) is 0 Å². The molecule has 0 aromatic carbocycles. The summed E-state index contributed by atoms with van der Waals surface area (Å²) in [6.07, 6.45) is 6.25. The third-order valence-electron chi connectivity index (χ3n) is 5.38. The molecule has 2 aliphatic heterocycles. The molecular weight excluding hydrogens is 300 g/mol. The summed E-state index contributed by atoms with van der Waals surface area (Å²) < 4.78 is 0. The predicted octanol–water partition coefficient (Wildman–Crippen LogP) is 2.32. The molecule has 0 saturated carbocycles. The van der Waals surface area contributed by atoms with Gasteiger partial charge in [-0.15, -0.1) is 0 Å². The second-order valence-electron chi connectivity index (χ2n) is 7.49. The molecule has 1 amide bonds. The summed E-state index contributed by atoms with van der Waals surface area (Å²) in [6.45, 7) is 8.16. The van der Waals surface area contributed by atoms with Crippen LogP contribution in [0.15, 0.2) is 18.3 Å². The zero-order valence-electron chi connectivity index (χ0n) is 14.9. The van der Waals surface area contributed by atoms with Crippen molar-refractivity contribution in [3.05, 3.63) is 23.9 Å². The van der Waals surface area contributed by atoms with E-state index < -0.39 is 0 Å². The van der Waals surface area contributed by atoms with Crippen molar-refractivity contribution < 1.29 is 4.79 Å². The summed E-state index contributed by atoms with van der Waals surface area (Å²) >= 11 is 0. The summed E-state index contributed by atoms with van der Waals surface area (Å²) in [5.74, 6) is 2.21. The van der Waals surface area contributed by atoms with Crippen molar-refractivity contribution in [2.45, 2.75) is 52.1 Å². The Balaban J connectivity index is 1.48. The monoisotopic (exact) mass is 330 g/mol. The predicted molar refractivity (Wildman–Crippen MR) is 96.9 cm³/mol. The van der Waals surface area contributed by atoms with Gasteiger partial charge >= 0.3 is 0 Å². The first-order valence-corrected chi connectivity index (χ1v) is 9.33. The molecule has 0 unspecified atom stereocenters. The molecule has 24 heavy (non-hydrogen) atoms. The van der Waals surface area contributed by atoms with Crippen LogP contribution in [-0.4, -0.2) is 36.6 Å². The molecule has 2 fully saturated rings. The van der Waals surface area contributed by atoms with Crippen LogP contribution in [-0.2, 0) is 11.3 Å². The molecule has 5 heteroatoms. The smallest absolute Gasteiger partial charge is 0.223 e. The number of nitrogens with one attached hydrogen (secondary N) is 2. The molecule has 0 bridgehead atoms. The number of amides is 1. The summed E-state index contributed by atoms with van der Waals surface area (Å²) in [6, 6.07) is 4.61. The molecule has 2 aliphatic rings. The number of anilines is 1. The average Bonchev–Trinajstić information content (AvgIpc) is 2.61. The van der Waals surface area contributed by atoms with Crippen LogP contribution in [0.5, 0.6) is 0 Å². The Bertz CT molecular complexity index is 537. The molecule has 3 rings (SSSR count). The molecule has 0 aliphatic carbocycles. The highest BCUT2D eigenvalue weighted by Crippen LogP contribution is 2.21. The fraction of sp³-hybridized carbons (Fsp3) is 0.684. The van der Waals surface area contributed by atoms with E-state index in [1.165, 1.54) is 12.8 Å². The van der Waals surface area contributed by atoms with E-state index in [-0.39, 0.29) is 11.8 Å². The van der Waals surface area contributed by atoms with Gasteiger partial charge in [0.25, 0.3) is 0 Å². The molecule has 2 saturated heterocycles. The number of nitrogens with zero attached hydrogens (tertiary/aromatic N) is 2. The van der Waals surface area contributed by atoms with Gasteiger partial charge < -0.3 is 15.5 Å². The van der Waals surface area contributed by atoms with E-state index in [0.717, 1.165) is 49.8 Å². The van der Waals surface area contributed by atoms with Crippen LogP contribution in [0, 0.1) is 11.8 Å². The van der Waals surface area contributed by atoms with Crippen LogP contribution >= 0.6 is 0 Å². The van der Waals surface area contributed by atoms with Crippen LogP contribution in [0.2, 0.25) is 0 Å². The second kappa shape index (κ2) is 7.97. The lowest BCUT2D eigenvalue weighted by molar-refractivity contribution is -0.126. The minimum Gasteiger partial charge on any atom is -0.357 e. The SMILES string of the molecule is CC1CCN(c2ccc(CNC(=O)[C@H]3CCN[C@@H](C)C3)cn2)CC1. The van der Waals surface area contributed by atoms with Gasteiger partial charge in [0.15, 0.2) is 0 Å². The van der Waals surface area contributed by atoms with Gasteiger partial charge in [0.2, 0.25) is 5.91 Å². The van der Waals surface area contributed by atoms with E-state index in [0.29, 0.717) is 12.6 Å². The number of hydrogen-bond acceptors (Lipinski definition) is 4. The number of aromatic nitrogens is 1. The fourth-order valence-electron chi connectivity index (χ4n) is 3.65. The van der Waals surface area contributed by atoms with E-state index in [9.17, 15) is 4.79 Å². The van der Waals surface area contributed by atoms with Crippen LogP contribution < -0.4 is 15.5 Å². The van der Waals surface area contributed by atoms with Gasteiger partial charge in [-0.05, 0) is 56.7 Å². The lowest BCUT2D eigenvalue weighted by Gasteiger charge is -2.31. The Morgan fingerprint density at radius 1 is 1.29 bits per heavy atom. The zero-order chi connectivity index (χ0) is 16.9. The van der Waals surface area contributed by atoms with E-state index in [2.05, 4.69) is 46.5 Å². The molecule has 5 nitrogen and oxygen atoms in total. The maximum Gasteiger partial charge on any atom is 0.223 e. The first-order chi connectivity index (χ1) is 11.6. The van der Waals surface area contributed by atoms with E-state index in [1.54, 1.807) is 0 Å². The van der Waals surface area contributed by atoms with Crippen molar-refractivity contribution in [3.63, 3.8) is 0 Å². The zero-order valence-corrected chi connectivity index (χ0v) is 14.9. The third-order valence-corrected chi connectivity index (χ3v) is 5.38. The number of carbonyl (C=O) groups is 1. The Kier molecular flexibility index (Phi) is 5.72. The Morgan fingerprint density at radius 3 is 2.75 bits per heavy atom. The summed E-state index contributed by atoms with van der Waals surface area (Å²) in [5, 5.41) is 6.46. The van der Waals surface area contributed by atoms with Crippen LogP contribution in [0.1, 0.15) is 45.1 Å². The minimum absolute atomic E-state index is 0.142. The number of carbonyl (C=O) groups excluding carboxylic acids is 1. The number of hydrogen-bond donors (Lipinski definition) is 2. The van der Waals surface area contributed by atoms with E-state index >= 15 is 0 Å². The van der Waals surface area contributed by atoms with Gasteiger partial charge in [-0.2, -0.15) is 0 Å². The number of rotatable bonds is 4. The molecular formula is C19H30N4O. The van der Waals surface area contributed by atoms with Crippen molar-refractivity contribution in [2.75, 3.05) is 24.5 Å². The molecule has 2 atom stereocenters. The van der Waals surface area contributed by atoms with Crippen LogP contribution in [0.25, 0.3) is 0 Å². The van der Waals surface area contributed by atoms with Crippen molar-refractivity contribution >= 4 is 11.7 Å². The lowest BCUT2D eigenvalue weighted by atomic mass is 9.92. The molecule has 1 aromatic heterocycles.